The van der Waals surface area contributed by atoms with Crippen LogP contribution in [0.15, 0.2) is 29.5 Å². The largest absolute Gasteiger partial charge is 0.481 e. The van der Waals surface area contributed by atoms with Gasteiger partial charge in [0.1, 0.15) is 0 Å². The molecule has 0 radical (unpaired) electrons. The number of ether oxygens (including phenoxy) is 1. The van der Waals surface area contributed by atoms with Crippen LogP contribution in [0.4, 0.5) is 0 Å². The number of methoxy groups -OCH3 is 1. The lowest BCUT2D eigenvalue weighted by Gasteiger charge is -2.10. The first-order valence-electron chi connectivity index (χ1n) is 8.19. The Labute approximate surface area is 170 Å². The van der Waals surface area contributed by atoms with Gasteiger partial charge in [0.2, 0.25) is 5.88 Å². The minimum absolute atomic E-state index is 0. The Bertz CT molecular complexity index is 662. The smallest absolute Gasteiger partial charge is 0.213 e. The monoisotopic (exact) mass is 475 g/mol. The summed E-state index contributed by atoms with van der Waals surface area (Å²) in [5, 5.41) is 7.77. The summed E-state index contributed by atoms with van der Waals surface area (Å²) >= 11 is 1.78. The molecule has 2 N–H and O–H groups in total. The highest BCUT2D eigenvalue weighted by atomic mass is 127. The minimum Gasteiger partial charge on any atom is -0.481 e. The molecule has 0 bridgehead atoms. The molecule has 0 aliphatic rings. The third-order valence-corrected chi connectivity index (χ3v) is 4.56. The highest BCUT2D eigenvalue weighted by Crippen LogP contribution is 2.13. The van der Waals surface area contributed by atoms with Gasteiger partial charge in [0.25, 0.3) is 0 Å². The van der Waals surface area contributed by atoms with Crippen LogP contribution in [0.2, 0.25) is 0 Å². The molecule has 0 unspecified atom stereocenters. The Morgan fingerprint density at radius 3 is 2.80 bits per heavy atom. The van der Waals surface area contributed by atoms with Gasteiger partial charge in [-0.1, -0.05) is 6.92 Å². The molecule has 0 amide bonds. The highest BCUT2D eigenvalue weighted by molar-refractivity contribution is 14.0. The molecule has 0 aliphatic heterocycles. The van der Waals surface area contributed by atoms with Crippen molar-refractivity contribution in [2.75, 3.05) is 20.2 Å². The van der Waals surface area contributed by atoms with Crippen LogP contribution in [-0.4, -0.2) is 36.1 Å². The van der Waals surface area contributed by atoms with Gasteiger partial charge in [-0.05, 0) is 25.0 Å². The molecule has 2 aromatic heterocycles. The molecule has 8 heteroatoms. The number of halogens is 1. The standard InChI is InChI=1S/C17H25N5OS.HI/c1-4-14-12-21-16(24-14)7-9-20-17(18-5-2)22-11-13-6-8-19-15(10-13)23-3;/h6,8,10,12H,4-5,7,9,11H2,1-3H3,(H2,18,20,22);1H. The molecule has 0 aromatic carbocycles. The van der Waals surface area contributed by atoms with Gasteiger partial charge in [-0.3, -0.25) is 0 Å². The van der Waals surface area contributed by atoms with Gasteiger partial charge < -0.3 is 15.4 Å². The molecule has 0 fully saturated rings. The minimum atomic E-state index is 0. The number of aryl methyl sites for hydroxylation is 1. The van der Waals surface area contributed by atoms with Crippen LogP contribution < -0.4 is 15.4 Å². The van der Waals surface area contributed by atoms with E-state index >= 15 is 0 Å². The van der Waals surface area contributed by atoms with Crippen LogP contribution in [0.5, 0.6) is 5.88 Å². The second kappa shape index (κ2) is 12.0. The third-order valence-electron chi connectivity index (χ3n) is 3.35. The van der Waals surface area contributed by atoms with E-state index < -0.39 is 0 Å². The van der Waals surface area contributed by atoms with Crippen molar-refractivity contribution in [3.8, 4) is 5.88 Å². The molecule has 0 aliphatic carbocycles. The van der Waals surface area contributed by atoms with E-state index in [1.807, 2.05) is 18.3 Å². The number of hydrogen-bond donors (Lipinski definition) is 2. The topological polar surface area (TPSA) is 71.4 Å². The van der Waals surface area contributed by atoms with Gasteiger partial charge in [0.05, 0.1) is 18.7 Å². The van der Waals surface area contributed by atoms with E-state index in [2.05, 4.69) is 39.4 Å². The molecular formula is C17H26IN5OS. The van der Waals surface area contributed by atoms with Crippen LogP contribution in [0.3, 0.4) is 0 Å². The average Bonchev–Trinajstić information content (AvgIpc) is 3.08. The van der Waals surface area contributed by atoms with Gasteiger partial charge >= 0.3 is 0 Å². The molecule has 0 saturated carbocycles. The molecule has 25 heavy (non-hydrogen) atoms. The molecule has 0 spiro atoms. The summed E-state index contributed by atoms with van der Waals surface area (Å²) in [6, 6.07) is 3.84. The van der Waals surface area contributed by atoms with E-state index in [1.165, 1.54) is 4.88 Å². The zero-order valence-electron chi connectivity index (χ0n) is 14.9. The molecule has 2 heterocycles. The lowest BCUT2D eigenvalue weighted by molar-refractivity contribution is 0.397. The van der Waals surface area contributed by atoms with Crippen molar-refractivity contribution in [3.63, 3.8) is 0 Å². The van der Waals surface area contributed by atoms with Gasteiger partial charge in [-0.15, -0.1) is 35.3 Å². The van der Waals surface area contributed by atoms with Crippen LogP contribution in [0.1, 0.15) is 29.3 Å². The SMILES string of the molecule is CCNC(=NCc1ccnc(OC)c1)NCCc1ncc(CC)s1.I. The fourth-order valence-corrected chi connectivity index (χ4v) is 2.95. The molecule has 6 nitrogen and oxygen atoms in total. The van der Waals surface area contributed by atoms with Gasteiger partial charge in [-0.25, -0.2) is 15.0 Å². The van der Waals surface area contributed by atoms with Crippen molar-refractivity contribution in [1.29, 1.82) is 0 Å². The van der Waals surface area contributed by atoms with Crippen LogP contribution in [0, 0.1) is 0 Å². The first kappa shape index (κ1) is 21.6. The van der Waals surface area contributed by atoms with Crippen molar-refractivity contribution in [2.45, 2.75) is 33.2 Å². The summed E-state index contributed by atoms with van der Waals surface area (Å²) in [5.41, 5.74) is 1.06. The zero-order valence-corrected chi connectivity index (χ0v) is 18.1. The molecule has 2 rings (SSSR count). The third kappa shape index (κ3) is 7.55. The number of aromatic nitrogens is 2. The number of thiazole rings is 1. The highest BCUT2D eigenvalue weighted by Gasteiger charge is 2.02. The van der Waals surface area contributed by atoms with Crippen molar-refractivity contribution in [3.05, 3.63) is 40.0 Å². The zero-order chi connectivity index (χ0) is 17.2. The quantitative estimate of drug-likeness (QED) is 0.349. The van der Waals surface area contributed by atoms with Crippen LogP contribution >= 0.6 is 35.3 Å². The van der Waals surface area contributed by atoms with Gasteiger partial charge in [-0.2, -0.15) is 0 Å². The maximum atomic E-state index is 5.14. The summed E-state index contributed by atoms with van der Waals surface area (Å²) in [5.74, 6) is 1.41. The molecule has 2 aromatic rings. The number of rotatable bonds is 8. The number of aliphatic imine (C=N–C) groups is 1. The van der Waals surface area contributed by atoms with Crippen molar-refractivity contribution in [2.24, 2.45) is 4.99 Å². The maximum Gasteiger partial charge on any atom is 0.213 e. The van der Waals surface area contributed by atoms with Gasteiger partial charge in [0.15, 0.2) is 5.96 Å². The van der Waals surface area contributed by atoms with E-state index in [0.717, 1.165) is 42.5 Å². The van der Waals surface area contributed by atoms with Crippen LogP contribution in [0.25, 0.3) is 0 Å². The first-order chi connectivity index (χ1) is 11.7. The Balaban J connectivity index is 0.00000312. The summed E-state index contributed by atoms with van der Waals surface area (Å²) in [6.07, 6.45) is 5.65. The Morgan fingerprint density at radius 2 is 2.12 bits per heavy atom. The number of hydrogen-bond acceptors (Lipinski definition) is 5. The average molecular weight is 475 g/mol. The Morgan fingerprint density at radius 1 is 1.28 bits per heavy atom. The normalized spacial score (nSPS) is 10.9. The van der Waals surface area contributed by atoms with Gasteiger partial charge in [0, 0.05) is 42.8 Å². The second-order valence-corrected chi connectivity index (χ2v) is 6.35. The number of guanidine groups is 1. The van der Waals surface area contributed by atoms with E-state index in [-0.39, 0.29) is 24.0 Å². The first-order valence-corrected chi connectivity index (χ1v) is 9.01. The summed E-state index contributed by atoms with van der Waals surface area (Å²) < 4.78 is 5.14. The van der Waals surface area contributed by atoms with E-state index in [9.17, 15) is 0 Å². The summed E-state index contributed by atoms with van der Waals surface area (Å²) in [4.78, 5) is 14.5. The molecule has 0 atom stereocenters. The predicted molar refractivity (Wildman–Crippen MR) is 114 cm³/mol. The Hall–Kier alpha value is -1.42. The second-order valence-electron chi connectivity index (χ2n) is 5.15. The number of pyridine rings is 1. The summed E-state index contributed by atoms with van der Waals surface area (Å²) in [6.45, 7) is 6.41. The van der Waals surface area contributed by atoms with Crippen molar-refractivity contribution >= 4 is 41.3 Å². The fraction of sp³-hybridized carbons (Fsp3) is 0.471. The lowest BCUT2D eigenvalue weighted by atomic mass is 10.3. The van der Waals surface area contributed by atoms with E-state index in [4.69, 9.17) is 4.74 Å². The number of nitrogens with zero attached hydrogens (tertiary/aromatic N) is 3. The molecule has 0 saturated heterocycles. The van der Waals surface area contributed by atoms with E-state index in [1.54, 1.807) is 24.6 Å². The van der Waals surface area contributed by atoms with Crippen LogP contribution in [-0.2, 0) is 19.4 Å². The number of nitrogens with one attached hydrogen (secondary N) is 2. The lowest BCUT2D eigenvalue weighted by Crippen LogP contribution is -2.38. The Kier molecular flexibility index (Phi) is 10.4. The predicted octanol–water partition coefficient (Wildman–Crippen LogP) is 3.02. The molecule has 138 valence electrons. The summed E-state index contributed by atoms with van der Waals surface area (Å²) in [7, 11) is 1.61. The molecular weight excluding hydrogens is 449 g/mol. The van der Waals surface area contributed by atoms with E-state index in [0.29, 0.717) is 12.4 Å². The maximum absolute atomic E-state index is 5.14. The van der Waals surface area contributed by atoms with Crippen molar-refractivity contribution in [1.82, 2.24) is 20.6 Å². The fourth-order valence-electron chi connectivity index (χ4n) is 2.09. The van der Waals surface area contributed by atoms with Crippen molar-refractivity contribution < 1.29 is 4.74 Å².